The summed E-state index contributed by atoms with van der Waals surface area (Å²) in [6, 6.07) is 0. The van der Waals surface area contributed by atoms with E-state index >= 15 is 0 Å². The van der Waals surface area contributed by atoms with Gasteiger partial charge < -0.3 is 84.8 Å². The van der Waals surface area contributed by atoms with Crippen LogP contribution in [-0.2, 0) is 22.8 Å². The van der Waals surface area contributed by atoms with Crippen LogP contribution in [0.2, 0.25) is 0 Å². The molecular formula is H23K8O20P5. The van der Waals surface area contributed by atoms with E-state index in [-0.39, 0.29) is 422 Å². The van der Waals surface area contributed by atoms with Gasteiger partial charge in [-0.15, -0.1) is 0 Å². The Morgan fingerprint density at radius 1 is 0.242 bits per heavy atom. The molecule has 0 amide bonds. The average Bonchev–Trinajstić information content (AvgIpc) is 1.79. The summed E-state index contributed by atoms with van der Waals surface area (Å²) in [4.78, 5) is 108. The Bertz CT molecular complexity index is 421. The fourth-order valence-electron chi connectivity index (χ4n) is 0. The molecule has 176 valence electrons. The Morgan fingerprint density at radius 2 is 0.242 bits per heavy atom. The van der Waals surface area contributed by atoms with Gasteiger partial charge in [0.1, 0.15) is 0 Å². The quantitative estimate of drug-likeness (QED) is 0.0797. The van der Waals surface area contributed by atoms with E-state index in [1.54, 1.807) is 0 Å². The van der Waals surface area contributed by atoms with Crippen LogP contribution in [0.15, 0.2) is 0 Å². The molecule has 0 aromatic heterocycles. The molecule has 20 nitrogen and oxygen atoms in total. The molecule has 0 radical (unpaired) electrons. The van der Waals surface area contributed by atoms with Crippen molar-refractivity contribution < 1.29 is 519 Å². The van der Waals surface area contributed by atoms with E-state index in [4.69, 9.17) is 96.2 Å². The summed E-state index contributed by atoms with van der Waals surface area (Å²) < 4.78 is 44.4. The molecular weight excluding hydrogens is 788 g/mol. The van der Waals surface area contributed by atoms with Gasteiger partial charge in [0, 0.05) is 0 Å². The molecule has 0 rings (SSSR count). The van der Waals surface area contributed by atoms with Crippen molar-refractivity contribution >= 4 is 39.1 Å². The van der Waals surface area contributed by atoms with E-state index in [9.17, 15) is 0 Å². The largest absolute Gasteiger partial charge is 1.00 e. The van der Waals surface area contributed by atoms with E-state index < -0.39 is 39.1 Å². The van der Waals surface area contributed by atoms with E-state index in [1.807, 2.05) is 0 Å². The second kappa shape index (κ2) is 47.8. The van der Waals surface area contributed by atoms with E-state index in [2.05, 4.69) is 0 Å². The van der Waals surface area contributed by atoms with Gasteiger partial charge in [-0.2, -0.15) is 0 Å². The maximum Gasteiger partial charge on any atom is 1.00 e. The summed E-state index contributed by atoms with van der Waals surface area (Å²) in [6.45, 7) is 0. The van der Waals surface area contributed by atoms with Crippen molar-refractivity contribution in [1.82, 2.24) is 0 Å². The summed E-state index contributed by atoms with van der Waals surface area (Å²) in [5.41, 5.74) is 0. The number of rotatable bonds is 0. The maximum absolute atomic E-state index is 8.88. The standard InChI is InChI=1S/8K.5H3O4P.8H/c;;;;;;;;5*1-5(2,3)4;;;;;;;;/h;;;;;;;;5*(H3,1,2,3,4);;;;;;;;/q8*+1;;;;;;8*-1. The van der Waals surface area contributed by atoms with Crippen LogP contribution in [-0.4, -0.2) is 73.4 Å². The summed E-state index contributed by atoms with van der Waals surface area (Å²) in [7, 11) is -23.2. The number of hydrogen-bond acceptors (Lipinski definition) is 5. The minimum Gasteiger partial charge on any atom is -1.00 e. The Balaban J connectivity index is -0.00000000585. The monoisotopic (exact) mass is 810 g/mol. The molecule has 0 aromatic rings. The van der Waals surface area contributed by atoms with Crippen molar-refractivity contribution in [2.24, 2.45) is 0 Å². The van der Waals surface area contributed by atoms with Crippen LogP contribution in [0.4, 0.5) is 0 Å². The van der Waals surface area contributed by atoms with E-state index in [0.717, 1.165) is 0 Å². The fourth-order valence-corrected chi connectivity index (χ4v) is 0. The minimum atomic E-state index is -4.64. The van der Waals surface area contributed by atoms with Crippen LogP contribution in [0, 0.1) is 0 Å². The summed E-state index contributed by atoms with van der Waals surface area (Å²) >= 11 is 0. The predicted molar refractivity (Wildman–Crippen MR) is 80.2 cm³/mol. The van der Waals surface area contributed by atoms with Gasteiger partial charge in [0.15, 0.2) is 0 Å². The van der Waals surface area contributed by atoms with Crippen LogP contribution in [0.25, 0.3) is 0 Å². The summed E-state index contributed by atoms with van der Waals surface area (Å²) in [5.74, 6) is 0. The fraction of sp³-hybridized carbons (Fsp3) is 0. The third-order valence-electron chi connectivity index (χ3n) is 0. The third-order valence-corrected chi connectivity index (χ3v) is 0. The minimum absolute atomic E-state index is 0. The molecule has 0 saturated carbocycles. The van der Waals surface area contributed by atoms with Crippen molar-refractivity contribution in [3.8, 4) is 0 Å². The molecule has 0 aliphatic carbocycles. The average molecular weight is 811 g/mol. The normalized spacial score (nSPS) is 8.94. The molecule has 33 heavy (non-hydrogen) atoms. The maximum atomic E-state index is 8.88. The first-order valence-corrected chi connectivity index (χ1v) is 11.7. The smallest absolute Gasteiger partial charge is 1.00 e. The molecule has 0 heterocycles. The van der Waals surface area contributed by atoms with Crippen LogP contribution in [0.5, 0.6) is 0 Å². The van der Waals surface area contributed by atoms with Crippen molar-refractivity contribution in [2.75, 3.05) is 0 Å². The first kappa shape index (κ1) is 85.8. The molecule has 33 heteroatoms. The molecule has 0 aliphatic rings. The molecule has 0 fully saturated rings. The second-order valence-corrected chi connectivity index (χ2v) is 7.70. The topological polar surface area (TPSA) is 389 Å². The van der Waals surface area contributed by atoms with Gasteiger partial charge in [-0.3, -0.25) is 0 Å². The SMILES string of the molecule is O=P(O)(O)O.O=P(O)(O)O.O=P(O)(O)O.O=P(O)(O)O.O=P(O)(O)O.[H-].[H-].[H-].[H-].[H-].[H-].[H-].[H-].[K+].[K+].[K+].[K+].[K+].[K+].[K+].[K+]. The summed E-state index contributed by atoms with van der Waals surface area (Å²) in [5, 5.41) is 0. The van der Waals surface area contributed by atoms with Crippen molar-refractivity contribution in [3.63, 3.8) is 0 Å². The zero-order valence-corrected chi connectivity index (χ0v) is 48.4. The zero-order chi connectivity index (χ0) is 22.5. The Morgan fingerprint density at radius 3 is 0.242 bits per heavy atom. The van der Waals surface area contributed by atoms with Gasteiger partial charge in [-0.1, -0.05) is 0 Å². The molecule has 0 saturated heterocycles. The molecule has 0 aliphatic heterocycles. The second-order valence-electron chi connectivity index (χ2n) is 2.57. The van der Waals surface area contributed by atoms with Crippen LogP contribution < -0.4 is 411 Å². The molecule has 15 N–H and O–H groups in total. The number of phosphoric acid groups is 5. The molecule has 0 aromatic carbocycles. The Labute approximate surface area is 539 Å². The van der Waals surface area contributed by atoms with Gasteiger partial charge >= 0.3 is 450 Å². The van der Waals surface area contributed by atoms with Crippen LogP contribution in [0.3, 0.4) is 0 Å². The van der Waals surface area contributed by atoms with Crippen LogP contribution >= 0.6 is 39.1 Å². The van der Waals surface area contributed by atoms with Gasteiger partial charge in [-0.25, -0.2) is 22.8 Å². The Kier molecular flexibility index (Phi) is 124. The number of hydrogen-bond donors (Lipinski definition) is 15. The van der Waals surface area contributed by atoms with Gasteiger partial charge in [-0.05, 0) is 0 Å². The molecule has 0 spiro atoms. The van der Waals surface area contributed by atoms with E-state index in [0.29, 0.717) is 0 Å². The van der Waals surface area contributed by atoms with Gasteiger partial charge in [0.05, 0.1) is 0 Å². The van der Waals surface area contributed by atoms with Crippen LogP contribution in [0.1, 0.15) is 11.4 Å². The van der Waals surface area contributed by atoms with Crippen molar-refractivity contribution in [2.45, 2.75) is 0 Å². The van der Waals surface area contributed by atoms with E-state index in [1.165, 1.54) is 0 Å². The van der Waals surface area contributed by atoms with Crippen molar-refractivity contribution in [3.05, 3.63) is 0 Å². The van der Waals surface area contributed by atoms with Crippen molar-refractivity contribution in [1.29, 1.82) is 0 Å². The zero-order valence-electron chi connectivity index (χ0n) is 27.0. The first-order valence-electron chi connectivity index (χ1n) is 3.91. The van der Waals surface area contributed by atoms with Gasteiger partial charge in [0.2, 0.25) is 0 Å². The third kappa shape index (κ3) is 467. The predicted octanol–water partition coefficient (Wildman–Crippen LogP) is -27.7. The molecule has 0 atom stereocenters. The first-order chi connectivity index (χ1) is 10.0. The Hall–Kier alpha value is 13.6. The van der Waals surface area contributed by atoms with Gasteiger partial charge in [0.25, 0.3) is 0 Å². The molecule has 0 bridgehead atoms. The summed E-state index contributed by atoms with van der Waals surface area (Å²) in [6.07, 6.45) is 0. The molecule has 0 unspecified atom stereocenters.